The van der Waals surface area contributed by atoms with E-state index in [2.05, 4.69) is 31.5 Å². The van der Waals surface area contributed by atoms with Crippen LogP contribution in [-0.2, 0) is 4.79 Å². The number of halogens is 1. The molecule has 2 N–H and O–H groups in total. The van der Waals surface area contributed by atoms with Gasteiger partial charge in [-0.3, -0.25) is 14.6 Å². The minimum absolute atomic E-state index is 0.117. The Labute approximate surface area is 172 Å². The van der Waals surface area contributed by atoms with E-state index in [-0.39, 0.29) is 18.4 Å². The van der Waals surface area contributed by atoms with E-state index >= 15 is 0 Å². The third-order valence-corrected chi connectivity index (χ3v) is 4.77. The lowest BCUT2D eigenvalue weighted by Crippen LogP contribution is -2.33. The summed E-state index contributed by atoms with van der Waals surface area (Å²) >= 11 is 3.39. The van der Waals surface area contributed by atoms with Gasteiger partial charge >= 0.3 is 0 Å². The Morgan fingerprint density at radius 1 is 1.00 bits per heavy atom. The van der Waals surface area contributed by atoms with Gasteiger partial charge in [-0.05, 0) is 49.7 Å². The van der Waals surface area contributed by atoms with Gasteiger partial charge in [0.2, 0.25) is 5.91 Å². The first-order valence-electron chi connectivity index (χ1n) is 8.81. The summed E-state index contributed by atoms with van der Waals surface area (Å²) in [5, 5.41) is 5.45. The maximum absolute atomic E-state index is 12.4. The van der Waals surface area contributed by atoms with Crippen LogP contribution in [0.1, 0.15) is 21.6 Å². The van der Waals surface area contributed by atoms with E-state index in [4.69, 9.17) is 0 Å². The zero-order valence-corrected chi connectivity index (χ0v) is 17.2. The van der Waals surface area contributed by atoms with Crippen LogP contribution in [0, 0.1) is 13.8 Å². The fourth-order valence-corrected chi connectivity index (χ4v) is 3.26. The Morgan fingerprint density at radius 3 is 2.43 bits per heavy atom. The molecule has 0 unspecified atom stereocenters. The highest BCUT2D eigenvalue weighted by atomic mass is 79.9. The number of carbonyl (C=O) groups excluding carboxylic acids is 2. The molecule has 0 spiro atoms. The van der Waals surface area contributed by atoms with Crippen molar-refractivity contribution in [1.82, 2.24) is 10.3 Å². The molecule has 0 radical (unpaired) electrons. The van der Waals surface area contributed by atoms with E-state index in [1.54, 1.807) is 13.0 Å². The minimum atomic E-state index is -0.327. The topological polar surface area (TPSA) is 71.1 Å². The standard InChI is InChI=1S/C22H20BrN3O2/c1-14-12-17(23)8-10-19(14)26-21(27)13-24-22(28)18-9-11-20(25-15(18)2)16-6-4-3-5-7-16/h3-12H,13H2,1-2H3,(H,24,28)(H,26,27). The normalized spacial score (nSPS) is 10.4. The van der Waals surface area contributed by atoms with Gasteiger partial charge in [0.25, 0.3) is 5.91 Å². The Kier molecular flexibility index (Phi) is 6.21. The fourth-order valence-electron chi connectivity index (χ4n) is 2.79. The van der Waals surface area contributed by atoms with E-state index in [0.29, 0.717) is 16.9 Å². The maximum atomic E-state index is 12.4. The summed E-state index contributed by atoms with van der Waals surface area (Å²) in [6.45, 7) is 3.57. The first kappa shape index (κ1) is 19.8. The lowest BCUT2D eigenvalue weighted by Gasteiger charge is -2.11. The number of pyridine rings is 1. The van der Waals surface area contributed by atoms with Crippen LogP contribution in [0.3, 0.4) is 0 Å². The van der Waals surface area contributed by atoms with Crippen LogP contribution in [0.5, 0.6) is 0 Å². The van der Waals surface area contributed by atoms with Gasteiger partial charge in [0.05, 0.1) is 23.5 Å². The van der Waals surface area contributed by atoms with Gasteiger partial charge in [-0.15, -0.1) is 0 Å². The van der Waals surface area contributed by atoms with Crippen molar-refractivity contribution in [2.24, 2.45) is 0 Å². The number of anilines is 1. The smallest absolute Gasteiger partial charge is 0.253 e. The van der Waals surface area contributed by atoms with Crippen LogP contribution in [0.15, 0.2) is 65.1 Å². The number of benzene rings is 2. The van der Waals surface area contributed by atoms with Crippen molar-refractivity contribution in [3.63, 3.8) is 0 Å². The fraction of sp³-hybridized carbons (Fsp3) is 0.136. The summed E-state index contributed by atoms with van der Waals surface area (Å²) in [5.41, 5.74) is 4.51. The van der Waals surface area contributed by atoms with Crippen molar-refractivity contribution in [1.29, 1.82) is 0 Å². The average molecular weight is 438 g/mol. The second-order valence-corrected chi connectivity index (χ2v) is 7.30. The largest absolute Gasteiger partial charge is 0.343 e. The number of rotatable bonds is 5. The molecule has 0 saturated carbocycles. The van der Waals surface area contributed by atoms with Gasteiger partial charge in [-0.1, -0.05) is 46.3 Å². The number of aromatic nitrogens is 1. The maximum Gasteiger partial charge on any atom is 0.253 e. The first-order valence-corrected chi connectivity index (χ1v) is 9.60. The molecule has 0 saturated heterocycles. The lowest BCUT2D eigenvalue weighted by atomic mass is 10.1. The molecule has 0 aliphatic rings. The number of carbonyl (C=O) groups is 2. The molecule has 3 rings (SSSR count). The summed E-state index contributed by atoms with van der Waals surface area (Å²) in [7, 11) is 0. The number of nitrogens with zero attached hydrogens (tertiary/aromatic N) is 1. The van der Waals surface area contributed by atoms with Gasteiger partial charge in [-0.25, -0.2) is 0 Å². The third-order valence-electron chi connectivity index (χ3n) is 4.27. The highest BCUT2D eigenvalue weighted by Crippen LogP contribution is 2.20. The van der Waals surface area contributed by atoms with Crippen molar-refractivity contribution in [2.75, 3.05) is 11.9 Å². The SMILES string of the molecule is Cc1cc(Br)ccc1NC(=O)CNC(=O)c1ccc(-c2ccccc2)nc1C. The molecule has 0 atom stereocenters. The van der Waals surface area contributed by atoms with Crippen molar-refractivity contribution in [3.8, 4) is 11.3 Å². The molecule has 1 aromatic heterocycles. The number of hydrogen-bond donors (Lipinski definition) is 2. The zero-order valence-electron chi connectivity index (χ0n) is 15.6. The third kappa shape index (κ3) is 4.84. The predicted molar refractivity (Wildman–Crippen MR) is 114 cm³/mol. The number of aryl methyl sites for hydroxylation is 2. The van der Waals surface area contributed by atoms with Gasteiger partial charge in [0, 0.05) is 15.7 Å². The van der Waals surface area contributed by atoms with Crippen molar-refractivity contribution < 1.29 is 9.59 Å². The Bertz CT molecular complexity index is 1020. The molecule has 0 bridgehead atoms. The van der Waals surface area contributed by atoms with Gasteiger partial charge in [0.1, 0.15) is 0 Å². The molecule has 0 fully saturated rings. The van der Waals surface area contributed by atoms with E-state index in [1.807, 2.05) is 61.5 Å². The summed E-state index contributed by atoms with van der Waals surface area (Å²) in [6.07, 6.45) is 0. The molecular weight excluding hydrogens is 418 g/mol. The Hall–Kier alpha value is -2.99. The molecule has 0 aliphatic carbocycles. The summed E-state index contributed by atoms with van der Waals surface area (Å²) < 4.78 is 0.943. The molecule has 2 amide bonds. The monoisotopic (exact) mass is 437 g/mol. The molecule has 2 aromatic carbocycles. The van der Waals surface area contributed by atoms with Gasteiger partial charge in [-0.2, -0.15) is 0 Å². The molecule has 1 heterocycles. The van der Waals surface area contributed by atoms with Gasteiger partial charge < -0.3 is 10.6 Å². The molecule has 3 aromatic rings. The van der Waals surface area contributed by atoms with E-state index in [9.17, 15) is 9.59 Å². The highest BCUT2D eigenvalue weighted by Gasteiger charge is 2.13. The number of amides is 2. The second kappa shape index (κ2) is 8.80. The van der Waals surface area contributed by atoms with Crippen LogP contribution < -0.4 is 10.6 Å². The van der Waals surface area contributed by atoms with Crippen LogP contribution >= 0.6 is 15.9 Å². The van der Waals surface area contributed by atoms with E-state index in [1.165, 1.54) is 0 Å². The van der Waals surface area contributed by atoms with Crippen LogP contribution in [0.2, 0.25) is 0 Å². The van der Waals surface area contributed by atoms with Crippen molar-refractivity contribution in [3.05, 3.63) is 82.0 Å². The van der Waals surface area contributed by atoms with Gasteiger partial charge in [0.15, 0.2) is 0 Å². The summed E-state index contributed by atoms with van der Waals surface area (Å²) in [6, 6.07) is 18.9. The molecule has 6 heteroatoms. The molecule has 5 nitrogen and oxygen atoms in total. The molecule has 28 heavy (non-hydrogen) atoms. The predicted octanol–water partition coefficient (Wildman–Crippen LogP) is 4.50. The lowest BCUT2D eigenvalue weighted by molar-refractivity contribution is -0.115. The molecule has 142 valence electrons. The molecular formula is C22H20BrN3O2. The van der Waals surface area contributed by atoms with E-state index in [0.717, 1.165) is 21.3 Å². The van der Waals surface area contributed by atoms with Crippen LogP contribution in [0.25, 0.3) is 11.3 Å². The highest BCUT2D eigenvalue weighted by molar-refractivity contribution is 9.10. The van der Waals surface area contributed by atoms with E-state index < -0.39 is 0 Å². The number of nitrogens with one attached hydrogen (secondary N) is 2. The quantitative estimate of drug-likeness (QED) is 0.617. The minimum Gasteiger partial charge on any atom is -0.343 e. The number of hydrogen-bond acceptors (Lipinski definition) is 3. The van der Waals surface area contributed by atoms with Crippen LogP contribution in [0.4, 0.5) is 5.69 Å². The Morgan fingerprint density at radius 2 is 1.75 bits per heavy atom. The Balaban J connectivity index is 1.62. The zero-order chi connectivity index (χ0) is 20.1. The summed E-state index contributed by atoms with van der Waals surface area (Å²) in [4.78, 5) is 29.1. The summed E-state index contributed by atoms with van der Waals surface area (Å²) in [5.74, 6) is -0.613. The van der Waals surface area contributed by atoms with Crippen molar-refractivity contribution >= 4 is 33.4 Å². The first-order chi connectivity index (χ1) is 13.4. The second-order valence-electron chi connectivity index (χ2n) is 6.39. The van der Waals surface area contributed by atoms with Crippen LogP contribution in [-0.4, -0.2) is 23.3 Å². The average Bonchev–Trinajstić information content (AvgIpc) is 2.69. The molecule has 0 aliphatic heterocycles. The van der Waals surface area contributed by atoms with Crippen molar-refractivity contribution in [2.45, 2.75) is 13.8 Å².